The SMILES string of the molecule is COc1nc2nc(C)cn2cc1NC(=O)N1CCc2c(N3CCN(C(=O)OC(C)(C)C)C(C)(C)C3)ccnc21. The molecule has 39 heavy (non-hydrogen) atoms. The monoisotopic (exact) mass is 536 g/mol. The molecule has 12 nitrogen and oxygen atoms in total. The number of nitrogens with zero attached hydrogens (tertiary/aromatic N) is 7. The maximum atomic E-state index is 13.4. The molecule has 0 spiro atoms. The van der Waals surface area contributed by atoms with Crippen LogP contribution in [-0.2, 0) is 11.2 Å². The maximum absolute atomic E-state index is 13.4. The van der Waals surface area contributed by atoms with Gasteiger partial charge in [0.25, 0.3) is 0 Å². The van der Waals surface area contributed by atoms with E-state index in [0.717, 1.165) is 16.9 Å². The molecule has 1 fully saturated rings. The van der Waals surface area contributed by atoms with Crippen molar-refractivity contribution in [3.8, 4) is 5.88 Å². The van der Waals surface area contributed by atoms with Crippen LogP contribution in [0.2, 0.25) is 0 Å². The molecule has 0 saturated carbocycles. The van der Waals surface area contributed by atoms with Crippen LogP contribution in [0.3, 0.4) is 0 Å². The number of imidazole rings is 1. The normalized spacial score (nSPS) is 16.8. The van der Waals surface area contributed by atoms with Gasteiger partial charge in [0.05, 0.1) is 18.3 Å². The molecule has 0 aliphatic carbocycles. The maximum Gasteiger partial charge on any atom is 0.410 e. The molecule has 12 heteroatoms. The zero-order valence-electron chi connectivity index (χ0n) is 23.6. The first-order valence-electron chi connectivity index (χ1n) is 13.1. The molecule has 2 aliphatic rings. The minimum atomic E-state index is -0.552. The number of hydrogen-bond acceptors (Lipinski definition) is 8. The summed E-state index contributed by atoms with van der Waals surface area (Å²) in [7, 11) is 1.51. The second-order valence-corrected chi connectivity index (χ2v) is 11.6. The molecular formula is C27H36N8O4. The molecule has 3 aromatic heterocycles. The first-order chi connectivity index (χ1) is 18.4. The van der Waals surface area contributed by atoms with Gasteiger partial charge in [-0.2, -0.15) is 4.98 Å². The summed E-state index contributed by atoms with van der Waals surface area (Å²) in [6.45, 7) is 13.9. The van der Waals surface area contributed by atoms with Crippen LogP contribution in [0.15, 0.2) is 24.7 Å². The van der Waals surface area contributed by atoms with Crippen LogP contribution in [-0.4, -0.2) is 80.8 Å². The van der Waals surface area contributed by atoms with Gasteiger partial charge in [-0.3, -0.25) is 14.2 Å². The predicted molar refractivity (Wildman–Crippen MR) is 148 cm³/mol. The van der Waals surface area contributed by atoms with Crippen molar-refractivity contribution in [2.24, 2.45) is 0 Å². The average molecular weight is 537 g/mol. The van der Waals surface area contributed by atoms with E-state index in [9.17, 15) is 9.59 Å². The molecule has 2 aliphatic heterocycles. The lowest BCUT2D eigenvalue weighted by molar-refractivity contribution is 0.000363. The number of urea groups is 1. The number of piperazine rings is 1. The Hall–Kier alpha value is -4.09. The van der Waals surface area contributed by atoms with Gasteiger partial charge in [-0.25, -0.2) is 19.6 Å². The van der Waals surface area contributed by atoms with Crippen LogP contribution in [0.5, 0.6) is 5.88 Å². The second-order valence-electron chi connectivity index (χ2n) is 11.6. The Labute approximate surface area is 227 Å². The van der Waals surface area contributed by atoms with Crippen molar-refractivity contribution in [1.29, 1.82) is 0 Å². The smallest absolute Gasteiger partial charge is 0.410 e. The zero-order chi connectivity index (χ0) is 28.1. The van der Waals surface area contributed by atoms with E-state index in [2.05, 4.69) is 25.2 Å². The van der Waals surface area contributed by atoms with E-state index < -0.39 is 11.1 Å². The van der Waals surface area contributed by atoms with Crippen LogP contribution >= 0.6 is 0 Å². The highest BCUT2D eigenvalue weighted by Gasteiger charge is 2.40. The molecule has 3 amide bonds. The molecule has 3 aromatic rings. The molecule has 208 valence electrons. The molecular weight excluding hydrogens is 500 g/mol. The van der Waals surface area contributed by atoms with Crippen LogP contribution in [0, 0.1) is 6.92 Å². The molecule has 1 saturated heterocycles. The molecule has 0 bridgehead atoms. The second kappa shape index (κ2) is 9.58. The van der Waals surface area contributed by atoms with Gasteiger partial charge >= 0.3 is 12.1 Å². The quantitative estimate of drug-likeness (QED) is 0.536. The summed E-state index contributed by atoms with van der Waals surface area (Å²) in [5.74, 6) is 1.41. The lowest BCUT2D eigenvalue weighted by Gasteiger charge is -2.48. The Bertz CT molecular complexity index is 1430. The number of carbonyl (C=O) groups is 2. The summed E-state index contributed by atoms with van der Waals surface area (Å²) in [5.41, 5.74) is 2.30. The standard InChI is InChI=1S/C27H36N8O4/c1-17-14-33-15-19(22(38-7)31-23(33)29-17)30-24(36)34-11-9-18-20(8-10-28-21(18)34)32-12-13-35(27(5,6)16-32)25(37)39-26(2,3)4/h8,10,14-15H,9,11-13,16H2,1-7H3,(H,30,36). The first kappa shape index (κ1) is 26.5. The van der Waals surface area contributed by atoms with Gasteiger partial charge in [0.2, 0.25) is 11.7 Å². The number of fused-ring (bicyclic) bond motifs is 2. The van der Waals surface area contributed by atoms with E-state index in [1.165, 1.54) is 7.11 Å². The lowest BCUT2D eigenvalue weighted by atomic mass is 9.98. The highest BCUT2D eigenvalue weighted by molar-refractivity contribution is 6.03. The minimum absolute atomic E-state index is 0.285. The number of amides is 3. The van der Waals surface area contributed by atoms with Gasteiger partial charge in [0.1, 0.15) is 17.1 Å². The predicted octanol–water partition coefficient (Wildman–Crippen LogP) is 3.87. The molecule has 1 N–H and O–H groups in total. The number of ether oxygens (including phenoxy) is 2. The minimum Gasteiger partial charge on any atom is -0.479 e. The Morgan fingerprint density at radius 1 is 1.10 bits per heavy atom. The van der Waals surface area contributed by atoms with Crippen LogP contribution in [0.1, 0.15) is 45.9 Å². The Balaban J connectivity index is 1.35. The summed E-state index contributed by atoms with van der Waals surface area (Å²) in [5, 5.41) is 2.93. The van der Waals surface area contributed by atoms with E-state index in [4.69, 9.17) is 9.47 Å². The summed E-state index contributed by atoms with van der Waals surface area (Å²) < 4.78 is 12.8. The molecule has 0 aromatic carbocycles. The van der Waals surface area contributed by atoms with Gasteiger partial charge < -0.3 is 19.7 Å². The fourth-order valence-corrected chi connectivity index (χ4v) is 5.23. The van der Waals surface area contributed by atoms with Gasteiger partial charge in [0, 0.05) is 56.0 Å². The van der Waals surface area contributed by atoms with Crippen molar-refractivity contribution in [2.75, 3.05) is 48.4 Å². The molecule has 0 radical (unpaired) electrons. The molecule has 0 unspecified atom stereocenters. The third kappa shape index (κ3) is 5.15. The lowest BCUT2D eigenvalue weighted by Crippen LogP contribution is -2.62. The topological polar surface area (TPSA) is 117 Å². The van der Waals surface area contributed by atoms with Crippen LogP contribution in [0.25, 0.3) is 5.78 Å². The van der Waals surface area contributed by atoms with Gasteiger partial charge in [-0.05, 0) is 54.0 Å². The summed E-state index contributed by atoms with van der Waals surface area (Å²) >= 11 is 0. The number of carbonyl (C=O) groups excluding carboxylic acids is 2. The van der Waals surface area contributed by atoms with Crippen molar-refractivity contribution in [3.63, 3.8) is 0 Å². The number of methoxy groups -OCH3 is 1. The number of hydrogen-bond donors (Lipinski definition) is 1. The van der Waals surface area contributed by atoms with Crippen molar-refractivity contribution in [2.45, 2.75) is 59.1 Å². The fourth-order valence-electron chi connectivity index (χ4n) is 5.23. The molecule has 5 rings (SSSR count). The van der Waals surface area contributed by atoms with Gasteiger partial charge in [-0.15, -0.1) is 0 Å². The van der Waals surface area contributed by atoms with Crippen molar-refractivity contribution in [1.82, 2.24) is 24.3 Å². The van der Waals surface area contributed by atoms with Gasteiger partial charge in [0.15, 0.2) is 0 Å². The number of pyridine rings is 1. The van der Waals surface area contributed by atoms with E-state index >= 15 is 0 Å². The van der Waals surface area contributed by atoms with E-state index in [-0.39, 0.29) is 18.0 Å². The van der Waals surface area contributed by atoms with Crippen molar-refractivity contribution < 1.29 is 19.1 Å². The summed E-state index contributed by atoms with van der Waals surface area (Å²) in [6.07, 6.45) is 5.68. The fraction of sp³-hybridized carbons (Fsp3) is 0.519. The largest absolute Gasteiger partial charge is 0.479 e. The van der Waals surface area contributed by atoms with Crippen molar-refractivity contribution in [3.05, 3.63) is 35.9 Å². The van der Waals surface area contributed by atoms with Crippen LogP contribution < -0.4 is 19.9 Å². The van der Waals surface area contributed by atoms with E-state index in [1.807, 2.05) is 53.8 Å². The van der Waals surface area contributed by atoms with Crippen LogP contribution in [0.4, 0.5) is 26.8 Å². The summed E-state index contributed by atoms with van der Waals surface area (Å²) in [4.78, 5) is 45.3. The van der Waals surface area contributed by atoms with Crippen molar-refractivity contribution >= 4 is 35.1 Å². The Morgan fingerprint density at radius 3 is 2.56 bits per heavy atom. The molecule has 0 atom stereocenters. The number of aryl methyl sites for hydroxylation is 1. The van der Waals surface area contributed by atoms with Gasteiger partial charge in [-0.1, -0.05) is 0 Å². The first-order valence-corrected chi connectivity index (χ1v) is 13.1. The zero-order valence-corrected chi connectivity index (χ0v) is 23.6. The highest BCUT2D eigenvalue weighted by Crippen LogP contribution is 2.37. The Morgan fingerprint density at radius 2 is 1.87 bits per heavy atom. The average Bonchev–Trinajstić information content (AvgIpc) is 3.43. The summed E-state index contributed by atoms with van der Waals surface area (Å²) in [6, 6.07) is 1.67. The third-order valence-corrected chi connectivity index (χ3v) is 6.92. The number of rotatable bonds is 3. The van der Waals surface area contributed by atoms with E-state index in [1.54, 1.807) is 26.6 Å². The number of aromatic nitrogens is 4. The number of nitrogens with one attached hydrogen (secondary N) is 1. The third-order valence-electron chi connectivity index (χ3n) is 6.92. The van der Waals surface area contributed by atoms with E-state index in [0.29, 0.717) is 49.9 Å². The number of anilines is 3. The Kier molecular flexibility index (Phi) is 6.51. The highest BCUT2D eigenvalue weighted by atomic mass is 16.6. The molecule has 5 heterocycles.